The van der Waals surface area contributed by atoms with Gasteiger partial charge in [0.05, 0.1) is 23.7 Å². The zero-order valence-electron chi connectivity index (χ0n) is 16.6. The molecule has 0 N–H and O–H groups in total. The number of likely N-dealkylation sites (tertiary alicyclic amines) is 1. The highest BCUT2D eigenvalue weighted by atomic mass is 35.5. The summed E-state index contributed by atoms with van der Waals surface area (Å²) >= 11 is 6.63. The number of carbonyl (C=O) groups is 1. The van der Waals surface area contributed by atoms with Crippen molar-refractivity contribution < 1.29 is 9.53 Å². The SMILES string of the molecule is O=C(c1cnc(N2CCOC3(CCc4ccccc43)C2)c(Cl)c1)N1CCCCC1. The van der Waals surface area contributed by atoms with E-state index in [1.54, 1.807) is 12.3 Å². The fourth-order valence-corrected chi connectivity index (χ4v) is 5.28. The Labute approximate surface area is 176 Å². The number of aryl methyl sites for hydroxylation is 1. The van der Waals surface area contributed by atoms with Gasteiger partial charge in [-0.1, -0.05) is 35.9 Å². The molecule has 2 fully saturated rings. The van der Waals surface area contributed by atoms with Gasteiger partial charge in [-0.3, -0.25) is 4.79 Å². The molecule has 3 aliphatic rings. The van der Waals surface area contributed by atoms with Crippen molar-refractivity contribution in [1.82, 2.24) is 9.88 Å². The number of hydrogen-bond acceptors (Lipinski definition) is 4. The second-order valence-corrected chi connectivity index (χ2v) is 8.71. The topological polar surface area (TPSA) is 45.7 Å². The molecule has 1 atom stereocenters. The lowest BCUT2D eigenvalue weighted by molar-refractivity contribution is -0.0594. The van der Waals surface area contributed by atoms with E-state index in [2.05, 4.69) is 34.1 Å². The van der Waals surface area contributed by atoms with Crippen LogP contribution in [0.15, 0.2) is 36.5 Å². The van der Waals surface area contributed by atoms with E-state index in [0.717, 1.165) is 57.7 Å². The predicted octanol–water partition coefficient (Wildman–Crippen LogP) is 4.04. The highest BCUT2D eigenvalue weighted by molar-refractivity contribution is 6.33. The molecule has 5 nitrogen and oxygen atoms in total. The summed E-state index contributed by atoms with van der Waals surface area (Å²) in [6.07, 6.45) is 7.04. The smallest absolute Gasteiger partial charge is 0.255 e. The predicted molar refractivity (Wildman–Crippen MR) is 114 cm³/mol. The van der Waals surface area contributed by atoms with E-state index in [1.165, 1.54) is 17.5 Å². The number of carbonyl (C=O) groups excluding carboxylic acids is 1. The van der Waals surface area contributed by atoms with Crippen LogP contribution in [-0.4, -0.2) is 48.6 Å². The van der Waals surface area contributed by atoms with E-state index in [9.17, 15) is 4.79 Å². The van der Waals surface area contributed by atoms with E-state index in [4.69, 9.17) is 16.3 Å². The molecule has 152 valence electrons. The normalized spacial score (nSPS) is 24.0. The highest BCUT2D eigenvalue weighted by Crippen LogP contribution is 2.43. The van der Waals surface area contributed by atoms with Crippen LogP contribution in [0.3, 0.4) is 0 Å². The number of amides is 1. The molecule has 1 spiro atoms. The number of halogens is 1. The number of pyridine rings is 1. The Bertz CT molecular complexity index is 924. The number of ether oxygens (including phenoxy) is 1. The van der Waals surface area contributed by atoms with Gasteiger partial charge in [-0.2, -0.15) is 0 Å². The molecule has 0 saturated carbocycles. The van der Waals surface area contributed by atoms with Crippen molar-refractivity contribution in [2.24, 2.45) is 0 Å². The number of anilines is 1. The van der Waals surface area contributed by atoms with Crippen LogP contribution in [0.25, 0.3) is 0 Å². The van der Waals surface area contributed by atoms with Crippen molar-refractivity contribution in [3.63, 3.8) is 0 Å². The quantitative estimate of drug-likeness (QED) is 0.748. The third kappa shape index (κ3) is 3.40. The Kier molecular flexibility index (Phi) is 4.96. The maximum atomic E-state index is 12.8. The summed E-state index contributed by atoms with van der Waals surface area (Å²) in [5.41, 5.74) is 2.95. The van der Waals surface area contributed by atoms with Gasteiger partial charge in [0.25, 0.3) is 5.91 Å². The number of benzene rings is 1. The molecule has 29 heavy (non-hydrogen) atoms. The van der Waals surface area contributed by atoms with Crippen LogP contribution in [0.4, 0.5) is 5.82 Å². The van der Waals surface area contributed by atoms with E-state index in [1.807, 2.05) is 4.90 Å². The third-order valence-corrected chi connectivity index (χ3v) is 6.78. The van der Waals surface area contributed by atoms with Crippen LogP contribution >= 0.6 is 11.6 Å². The number of rotatable bonds is 2. The molecular weight excluding hydrogens is 386 g/mol. The van der Waals surface area contributed by atoms with Crippen LogP contribution in [0.2, 0.25) is 5.02 Å². The van der Waals surface area contributed by atoms with Crippen molar-refractivity contribution in [3.05, 3.63) is 58.2 Å². The summed E-state index contributed by atoms with van der Waals surface area (Å²) in [7, 11) is 0. The van der Waals surface area contributed by atoms with Crippen LogP contribution in [0, 0.1) is 0 Å². The maximum absolute atomic E-state index is 12.8. The van der Waals surface area contributed by atoms with Crippen LogP contribution < -0.4 is 4.90 Å². The Balaban J connectivity index is 1.38. The lowest BCUT2D eigenvalue weighted by atomic mass is 9.93. The lowest BCUT2D eigenvalue weighted by Crippen LogP contribution is -2.49. The molecule has 1 aliphatic carbocycles. The number of nitrogens with zero attached hydrogens (tertiary/aromatic N) is 3. The Morgan fingerprint density at radius 3 is 2.79 bits per heavy atom. The standard InChI is InChI=1S/C23H26ClN3O2/c24-20-14-18(22(28)26-10-4-1-5-11-26)15-25-21(20)27-12-13-29-23(16-27)9-8-17-6-2-3-7-19(17)23/h2-3,6-7,14-15H,1,4-5,8-13,16H2. The molecule has 3 heterocycles. The second kappa shape index (κ2) is 7.62. The summed E-state index contributed by atoms with van der Waals surface area (Å²) in [4.78, 5) is 21.5. The molecule has 1 unspecified atom stereocenters. The maximum Gasteiger partial charge on any atom is 0.255 e. The molecule has 1 amide bonds. The molecule has 2 aromatic rings. The van der Waals surface area contributed by atoms with Crippen LogP contribution in [0.1, 0.15) is 47.2 Å². The van der Waals surface area contributed by atoms with E-state index >= 15 is 0 Å². The van der Waals surface area contributed by atoms with Gasteiger partial charge in [-0.15, -0.1) is 0 Å². The summed E-state index contributed by atoms with van der Waals surface area (Å²) in [6.45, 7) is 3.76. The third-order valence-electron chi connectivity index (χ3n) is 6.50. The minimum atomic E-state index is -0.290. The molecule has 6 heteroatoms. The van der Waals surface area contributed by atoms with Gasteiger partial charge in [0, 0.05) is 25.8 Å². The van der Waals surface area contributed by atoms with Gasteiger partial charge in [-0.25, -0.2) is 4.98 Å². The Hall–Kier alpha value is -2.11. The Morgan fingerprint density at radius 1 is 1.14 bits per heavy atom. The fraction of sp³-hybridized carbons (Fsp3) is 0.478. The average Bonchev–Trinajstić information content (AvgIpc) is 3.11. The van der Waals surface area contributed by atoms with Gasteiger partial charge in [-0.05, 0) is 49.3 Å². The second-order valence-electron chi connectivity index (χ2n) is 8.30. The molecule has 1 aromatic carbocycles. The lowest BCUT2D eigenvalue weighted by Gasteiger charge is -2.42. The minimum Gasteiger partial charge on any atom is -0.367 e. The first-order valence-electron chi connectivity index (χ1n) is 10.6. The molecule has 5 rings (SSSR count). The number of fused-ring (bicyclic) bond motifs is 2. The monoisotopic (exact) mass is 411 g/mol. The summed E-state index contributed by atoms with van der Waals surface area (Å²) < 4.78 is 6.31. The van der Waals surface area contributed by atoms with E-state index < -0.39 is 0 Å². The zero-order chi connectivity index (χ0) is 19.8. The van der Waals surface area contributed by atoms with Crippen LogP contribution in [-0.2, 0) is 16.8 Å². The first kappa shape index (κ1) is 18.9. The number of morpholine rings is 1. The average molecular weight is 412 g/mol. The van der Waals surface area contributed by atoms with Gasteiger partial charge in [0.1, 0.15) is 11.4 Å². The molecule has 2 saturated heterocycles. The van der Waals surface area contributed by atoms with E-state index in [0.29, 0.717) is 17.2 Å². The van der Waals surface area contributed by atoms with Gasteiger partial charge in [0.2, 0.25) is 0 Å². The Morgan fingerprint density at radius 2 is 1.97 bits per heavy atom. The number of piperidine rings is 1. The van der Waals surface area contributed by atoms with Crippen LogP contribution in [0.5, 0.6) is 0 Å². The van der Waals surface area contributed by atoms with E-state index in [-0.39, 0.29) is 11.5 Å². The molecule has 1 aromatic heterocycles. The highest BCUT2D eigenvalue weighted by Gasteiger charge is 2.43. The zero-order valence-corrected chi connectivity index (χ0v) is 17.3. The fourth-order valence-electron chi connectivity index (χ4n) is 4.99. The van der Waals surface area contributed by atoms with Gasteiger partial charge < -0.3 is 14.5 Å². The summed E-state index contributed by atoms with van der Waals surface area (Å²) in [5, 5.41) is 0.538. The van der Waals surface area contributed by atoms with Gasteiger partial charge >= 0.3 is 0 Å². The van der Waals surface area contributed by atoms with Crippen molar-refractivity contribution in [1.29, 1.82) is 0 Å². The van der Waals surface area contributed by atoms with Crippen molar-refractivity contribution >= 4 is 23.3 Å². The first-order valence-corrected chi connectivity index (χ1v) is 11.0. The van der Waals surface area contributed by atoms with Crippen molar-refractivity contribution in [3.8, 4) is 0 Å². The number of hydrogen-bond donors (Lipinski definition) is 0. The molecule has 0 radical (unpaired) electrons. The first-order chi connectivity index (χ1) is 14.2. The largest absolute Gasteiger partial charge is 0.367 e. The molecule has 2 aliphatic heterocycles. The summed E-state index contributed by atoms with van der Waals surface area (Å²) in [5.74, 6) is 0.780. The molecule has 0 bridgehead atoms. The van der Waals surface area contributed by atoms with Crippen molar-refractivity contribution in [2.45, 2.75) is 37.7 Å². The van der Waals surface area contributed by atoms with Gasteiger partial charge in [0.15, 0.2) is 0 Å². The van der Waals surface area contributed by atoms with Crippen molar-refractivity contribution in [2.75, 3.05) is 37.7 Å². The molecular formula is C23H26ClN3O2. The summed E-state index contributed by atoms with van der Waals surface area (Å²) in [6, 6.07) is 10.3. The number of aromatic nitrogens is 1. The minimum absolute atomic E-state index is 0.0359.